The van der Waals surface area contributed by atoms with Gasteiger partial charge in [-0.05, 0) is 27.7 Å². The maximum Gasteiger partial charge on any atom is 0.339 e. The van der Waals surface area contributed by atoms with Gasteiger partial charge in [-0.1, -0.05) is 6.08 Å². The second kappa shape index (κ2) is 10.8. The summed E-state index contributed by atoms with van der Waals surface area (Å²) >= 11 is 0.999. The molecule has 11 nitrogen and oxygen atoms in total. The van der Waals surface area contributed by atoms with E-state index in [1.54, 1.807) is 20.8 Å². The Morgan fingerprint density at radius 3 is 2.50 bits per heavy atom. The molecule has 0 aromatic heterocycles. The van der Waals surface area contributed by atoms with E-state index < -0.39 is 59.1 Å². The summed E-state index contributed by atoms with van der Waals surface area (Å²) in [5.74, 6) is -6.38. The predicted molar refractivity (Wildman–Crippen MR) is 122 cm³/mol. The summed E-state index contributed by atoms with van der Waals surface area (Å²) in [6, 6.07) is 0.171. The Hall–Kier alpha value is -3.25. The number of carbonyl (C=O) groups excluding carboxylic acids is 3. The molecule has 1 unspecified atom stereocenters. The third kappa shape index (κ3) is 6.87. The average Bonchev–Trinajstić information content (AvgIpc) is 2.69. The van der Waals surface area contributed by atoms with Crippen molar-refractivity contribution < 1.29 is 44.0 Å². The van der Waals surface area contributed by atoms with Crippen LogP contribution < -0.4 is 11.1 Å². The van der Waals surface area contributed by atoms with E-state index >= 15 is 0 Å². The zero-order valence-corrected chi connectivity index (χ0v) is 20.0. The fourth-order valence-electron chi connectivity index (χ4n) is 3.10. The van der Waals surface area contributed by atoms with Crippen LogP contribution in [0.3, 0.4) is 0 Å². The molecule has 0 fully saturated rings. The first-order valence-electron chi connectivity index (χ1n) is 10.2. The number of fused-ring (bicyclic) bond motifs is 1. The number of esters is 2. The lowest BCUT2D eigenvalue weighted by Gasteiger charge is -2.26. The molecule has 1 aliphatic heterocycles. The van der Waals surface area contributed by atoms with Gasteiger partial charge in [0.05, 0.1) is 17.0 Å². The highest BCUT2D eigenvalue weighted by atomic mass is 32.2. The van der Waals surface area contributed by atoms with E-state index in [1.807, 2.05) is 0 Å². The maximum absolute atomic E-state index is 12.9. The van der Waals surface area contributed by atoms with Crippen molar-refractivity contribution in [2.45, 2.75) is 44.7 Å². The number of amides is 1. The largest absolute Gasteiger partial charge is 0.508 e. The first-order valence-corrected chi connectivity index (χ1v) is 11.3. The molecule has 0 saturated heterocycles. The molecule has 34 heavy (non-hydrogen) atoms. The number of phenolic OH excluding ortho intramolecular Hbond substituents is 2. The van der Waals surface area contributed by atoms with E-state index in [9.17, 15) is 29.4 Å². The predicted octanol–water partition coefficient (Wildman–Crippen LogP) is 1.35. The number of carboxylic acid groups (broad SMARTS) is 1. The molecule has 186 valence electrons. The molecular weight excluding hydrogens is 468 g/mol. The molecule has 0 bridgehead atoms. The molecule has 1 aromatic carbocycles. The fourth-order valence-corrected chi connectivity index (χ4v) is 4.11. The van der Waals surface area contributed by atoms with Crippen molar-refractivity contribution in [1.29, 1.82) is 0 Å². The van der Waals surface area contributed by atoms with Crippen molar-refractivity contribution in [3.63, 3.8) is 0 Å². The Labute approximate surface area is 200 Å². The molecule has 1 aliphatic rings. The van der Waals surface area contributed by atoms with Crippen molar-refractivity contribution in [1.82, 2.24) is 5.32 Å². The number of nitrogens with one attached hydrogen (secondary N) is 1. The van der Waals surface area contributed by atoms with Gasteiger partial charge in [-0.15, -0.1) is 11.8 Å². The normalized spacial score (nSPS) is 22.1. The van der Waals surface area contributed by atoms with E-state index in [4.69, 9.17) is 20.3 Å². The Morgan fingerprint density at radius 1 is 1.26 bits per heavy atom. The summed E-state index contributed by atoms with van der Waals surface area (Å²) in [7, 11) is 0. The van der Waals surface area contributed by atoms with Crippen LogP contribution in [-0.2, 0) is 23.9 Å². The van der Waals surface area contributed by atoms with Crippen molar-refractivity contribution in [2.75, 3.05) is 12.4 Å². The number of carboxylic acids is 1. The highest BCUT2D eigenvalue weighted by molar-refractivity contribution is 7.99. The highest BCUT2D eigenvalue weighted by Crippen LogP contribution is 2.39. The van der Waals surface area contributed by atoms with Gasteiger partial charge in [0.15, 0.2) is 5.92 Å². The quantitative estimate of drug-likeness (QED) is 0.231. The molecule has 1 aromatic rings. The lowest BCUT2D eigenvalue weighted by molar-refractivity contribution is -0.164. The number of cyclic esters (lactones) is 1. The molecule has 0 spiro atoms. The number of hydrogen-bond acceptors (Lipinski definition) is 10. The van der Waals surface area contributed by atoms with Gasteiger partial charge in [0, 0.05) is 29.0 Å². The second-order valence-electron chi connectivity index (χ2n) is 8.58. The second-order valence-corrected chi connectivity index (χ2v) is 9.75. The lowest BCUT2D eigenvalue weighted by atomic mass is 9.99. The Balaban J connectivity index is 2.55. The first kappa shape index (κ1) is 27.0. The maximum atomic E-state index is 12.9. The number of rotatable bonds is 3. The summed E-state index contributed by atoms with van der Waals surface area (Å²) < 4.78 is 10.5. The van der Waals surface area contributed by atoms with Gasteiger partial charge in [-0.3, -0.25) is 9.59 Å². The Bertz CT molecular complexity index is 1020. The third-order valence-corrected chi connectivity index (χ3v) is 5.86. The van der Waals surface area contributed by atoms with E-state index in [-0.39, 0.29) is 28.2 Å². The SMILES string of the molecule is Cc1c(O)cc(O)c2c1C(=O)OC[C@H](C(=O)OC(C)(C)C)C(=O)N[C@@H](C=CC(=O)O)CSC2N. The first-order chi connectivity index (χ1) is 15.7. The van der Waals surface area contributed by atoms with Gasteiger partial charge in [0.25, 0.3) is 0 Å². The zero-order valence-electron chi connectivity index (χ0n) is 19.2. The van der Waals surface area contributed by atoms with Crippen molar-refractivity contribution in [2.24, 2.45) is 11.7 Å². The minimum atomic E-state index is -1.56. The number of aliphatic carboxylic acids is 1. The molecule has 3 atom stereocenters. The Morgan fingerprint density at radius 2 is 1.91 bits per heavy atom. The molecule has 0 radical (unpaired) electrons. The fraction of sp³-hybridized carbons (Fsp3) is 0.455. The van der Waals surface area contributed by atoms with E-state index in [0.717, 1.165) is 23.9 Å². The smallest absolute Gasteiger partial charge is 0.339 e. The average molecular weight is 497 g/mol. The number of hydrogen-bond donors (Lipinski definition) is 5. The number of nitrogens with two attached hydrogens (primary N) is 1. The van der Waals surface area contributed by atoms with Crippen LogP contribution in [0.5, 0.6) is 11.5 Å². The summed E-state index contributed by atoms with van der Waals surface area (Å²) in [5.41, 5.74) is 5.15. The highest BCUT2D eigenvalue weighted by Gasteiger charge is 2.35. The van der Waals surface area contributed by atoms with Gasteiger partial charge >= 0.3 is 17.9 Å². The number of aromatic hydroxyl groups is 2. The van der Waals surface area contributed by atoms with Gasteiger partial charge in [-0.25, -0.2) is 9.59 Å². The standard InChI is InChI=1S/C22H28N2O9S/c1-10-13(25)7-14(26)17-16(10)21(31)32-8-12(20(30)33-22(2,3)4)19(29)24-11(5-6-15(27)28)9-34-18(17)23/h5-7,11-12,18,25-26H,8-9,23H2,1-4H3,(H,24,29)(H,27,28)/t11-,12-,18?/m0/s1. The minimum Gasteiger partial charge on any atom is -0.508 e. The van der Waals surface area contributed by atoms with Crippen molar-refractivity contribution in [3.8, 4) is 11.5 Å². The molecule has 2 rings (SSSR count). The van der Waals surface area contributed by atoms with Crippen LogP contribution in [0.25, 0.3) is 0 Å². The summed E-state index contributed by atoms with van der Waals surface area (Å²) in [6.45, 7) is 5.53. The summed E-state index contributed by atoms with van der Waals surface area (Å²) in [4.78, 5) is 49.5. The van der Waals surface area contributed by atoms with E-state index in [2.05, 4.69) is 5.32 Å². The number of ether oxygens (including phenoxy) is 2. The number of benzene rings is 1. The number of carbonyl (C=O) groups is 4. The van der Waals surface area contributed by atoms with Crippen LogP contribution in [-0.4, -0.2) is 63.1 Å². The molecular formula is C22H28N2O9S. The third-order valence-electron chi connectivity index (χ3n) is 4.71. The van der Waals surface area contributed by atoms with Crippen LogP contribution in [0.1, 0.15) is 47.6 Å². The Kier molecular flexibility index (Phi) is 8.56. The van der Waals surface area contributed by atoms with Crippen LogP contribution in [0.2, 0.25) is 0 Å². The van der Waals surface area contributed by atoms with Crippen molar-refractivity contribution >= 4 is 35.6 Å². The lowest BCUT2D eigenvalue weighted by Crippen LogP contribution is -2.46. The molecule has 6 N–H and O–H groups in total. The molecule has 0 aliphatic carbocycles. The van der Waals surface area contributed by atoms with Gasteiger partial charge in [-0.2, -0.15) is 0 Å². The topological polar surface area (TPSA) is 185 Å². The van der Waals surface area contributed by atoms with Gasteiger partial charge < -0.3 is 35.8 Å². The van der Waals surface area contributed by atoms with E-state index in [0.29, 0.717) is 0 Å². The summed E-state index contributed by atoms with van der Waals surface area (Å²) in [5, 5.41) is 31.0. The zero-order chi connectivity index (χ0) is 25.8. The number of thioether (sulfide) groups is 1. The van der Waals surface area contributed by atoms with Crippen LogP contribution in [0, 0.1) is 12.8 Å². The molecule has 0 saturated carbocycles. The monoisotopic (exact) mass is 496 g/mol. The van der Waals surface area contributed by atoms with Crippen LogP contribution in [0.15, 0.2) is 18.2 Å². The van der Waals surface area contributed by atoms with Crippen molar-refractivity contribution in [3.05, 3.63) is 34.9 Å². The van der Waals surface area contributed by atoms with Gasteiger partial charge in [0.1, 0.15) is 23.7 Å². The molecule has 12 heteroatoms. The minimum absolute atomic E-state index is 0.00742. The summed E-state index contributed by atoms with van der Waals surface area (Å²) in [6.07, 6.45) is 2.05. The van der Waals surface area contributed by atoms with Gasteiger partial charge in [0.2, 0.25) is 5.91 Å². The van der Waals surface area contributed by atoms with E-state index in [1.165, 1.54) is 13.0 Å². The number of phenols is 2. The molecule has 1 heterocycles. The molecule has 1 amide bonds. The van der Waals surface area contributed by atoms with Crippen LogP contribution in [0.4, 0.5) is 0 Å². The van der Waals surface area contributed by atoms with Crippen LogP contribution >= 0.6 is 11.8 Å².